The molecule has 1 N–H and O–H groups in total. The van der Waals surface area contributed by atoms with Gasteiger partial charge < -0.3 is 10.1 Å². The molecule has 6 heteroatoms. The molecule has 102 valence electrons. The second-order valence-electron chi connectivity index (χ2n) is 4.16. The molecule has 2 aromatic rings. The molecule has 2 heterocycles. The van der Waals surface area contributed by atoms with E-state index in [1.165, 1.54) is 11.9 Å². The summed E-state index contributed by atoms with van der Waals surface area (Å²) in [5, 5.41) is 7.67. The van der Waals surface area contributed by atoms with Gasteiger partial charge in [-0.15, -0.1) is 0 Å². The van der Waals surface area contributed by atoms with E-state index in [-0.39, 0.29) is 0 Å². The minimum absolute atomic E-state index is 0.585. The van der Waals surface area contributed by atoms with Gasteiger partial charge in [0.1, 0.15) is 12.1 Å². The lowest BCUT2D eigenvalue weighted by Crippen LogP contribution is -2.04. The zero-order chi connectivity index (χ0) is 13.7. The molecule has 0 aromatic carbocycles. The number of nitrogens with one attached hydrogen (secondary N) is 1. The molecule has 0 fully saturated rings. The summed E-state index contributed by atoms with van der Waals surface area (Å²) >= 11 is 0. The Morgan fingerprint density at radius 2 is 2.16 bits per heavy atom. The van der Waals surface area contributed by atoms with Crippen LogP contribution >= 0.6 is 0 Å². The number of nitrogens with zero attached hydrogens (tertiary/aromatic N) is 4. The number of rotatable bonds is 6. The van der Waals surface area contributed by atoms with Crippen molar-refractivity contribution < 1.29 is 4.74 Å². The van der Waals surface area contributed by atoms with Crippen molar-refractivity contribution in [2.45, 2.75) is 26.8 Å². The van der Waals surface area contributed by atoms with Crippen molar-refractivity contribution in [3.8, 4) is 5.88 Å². The summed E-state index contributed by atoms with van der Waals surface area (Å²) in [6.45, 7) is 5.32. The Kier molecular flexibility index (Phi) is 4.33. The van der Waals surface area contributed by atoms with E-state index in [0.29, 0.717) is 19.0 Å². The van der Waals surface area contributed by atoms with Gasteiger partial charge in [0, 0.05) is 31.4 Å². The summed E-state index contributed by atoms with van der Waals surface area (Å²) < 4.78 is 7.17. The molecule has 2 aromatic heterocycles. The fourth-order valence-corrected chi connectivity index (χ4v) is 1.88. The van der Waals surface area contributed by atoms with Gasteiger partial charge in [-0.05, 0) is 13.3 Å². The fourth-order valence-electron chi connectivity index (χ4n) is 1.88. The third-order valence-electron chi connectivity index (χ3n) is 2.72. The smallest absolute Gasteiger partial charge is 0.218 e. The lowest BCUT2D eigenvalue weighted by molar-refractivity contribution is 0.326. The van der Waals surface area contributed by atoms with Crippen molar-refractivity contribution in [1.29, 1.82) is 0 Å². The van der Waals surface area contributed by atoms with Crippen LogP contribution in [-0.2, 0) is 20.0 Å². The highest BCUT2D eigenvalue weighted by Crippen LogP contribution is 2.13. The lowest BCUT2D eigenvalue weighted by atomic mass is 10.2. The molecule has 0 amide bonds. The fraction of sp³-hybridized carbons (Fsp3) is 0.462. The van der Waals surface area contributed by atoms with Gasteiger partial charge in [0.2, 0.25) is 5.88 Å². The Morgan fingerprint density at radius 1 is 1.32 bits per heavy atom. The van der Waals surface area contributed by atoms with Crippen LogP contribution in [0.3, 0.4) is 0 Å². The molecular weight excluding hydrogens is 242 g/mol. The monoisotopic (exact) mass is 261 g/mol. The lowest BCUT2D eigenvalue weighted by Gasteiger charge is -2.06. The topological polar surface area (TPSA) is 64.9 Å². The molecule has 6 nitrogen and oxygen atoms in total. The van der Waals surface area contributed by atoms with Crippen LogP contribution in [0.2, 0.25) is 0 Å². The number of aromatic nitrogens is 4. The average Bonchev–Trinajstić information content (AvgIpc) is 2.78. The molecule has 0 aliphatic heterocycles. The van der Waals surface area contributed by atoms with Gasteiger partial charge in [-0.2, -0.15) is 5.10 Å². The molecular formula is C13H19N5O. The second kappa shape index (κ2) is 6.17. The van der Waals surface area contributed by atoms with E-state index in [1.54, 1.807) is 6.07 Å². The highest BCUT2D eigenvalue weighted by molar-refractivity contribution is 5.38. The summed E-state index contributed by atoms with van der Waals surface area (Å²) in [6.07, 6.45) is 4.44. The van der Waals surface area contributed by atoms with Gasteiger partial charge >= 0.3 is 0 Å². The molecule has 0 bridgehead atoms. The van der Waals surface area contributed by atoms with Crippen LogP contribution in [0, 0.1) is 0 Å². The maximum absolute atomic E-state index is 5.34. The Bertz CT molecular complexity index is 538. The van der Waals surface area contributed by atoms with Gasteiger partial charge in [0.05, 0.1) is 12.3 Å². The number of anilines is 1. The van der Waals surface area contributed by atoms with Crippen molar-refractivity contribution in [2.24, 2.45) is 7.05 Å². The van der Waals surface area contributed by atoms with Crippen molar-refractivity contribution >= 4 is 5.82 Å². The minimum Gasteiger partial charge on any atom is -0.478 e. The molecule has 19 heavy (non-hydrogen) atoms. The largest absolute Gasteiger partial charge is 0.478 e. The van der Waals surface area contributed by atoms with Crippen LogP contribution in [0.15, 0.2) is 18.6 Å². The van der Waals surface area contributed by atoms with Crippen molar-refractivity contribution in [1.82, 2.24) is 19.7 Å². The van der Waals surface area contributed by atoms with E-state index in [0.717, 1.165) is 17.9 Å². The SMILES string of the molecule is CCOc1cc(NCc2cn(C)nc2CC)ncn1. The first-order valence-electron chi connectivity index (χ1n) is 6.43. The van der Waals surface area contributed by atoms with Gasteiger partial charge in [-0.25, -0.2) is 9.97 Å². The normalized spacial score (nSPS) is 10.5. The van der Waals surface area contributed by atoms with E-state index >= 15 is 0 Å². The summed E-state index contributed by atoms with van der Waals surface area (Å²) in [4.78, 5) is 8.20. The zero-order valence-electron chi connectivity index (χ0n) is 11.6. The second-order valence-corrected chi connectivity index (χ2v) is 4.16. The summed E-state index contributed by atoms with van der Waals surface area (Å²) in [7, 11) is 1.93. The quantitative estimate of drug-likeness (QED) is 0.858. The van der Waals surface area contributed by atoms with Crippen LogP contribution in [0.25, 0.3) is 0 Å². The third-order valence-corrected chi connectivity index (χ3v) is 2.72. The number of hydrogen-bond donors (Lipinski definition) is 1. The molecule has 0 saturated heterocycles. The van der Waals surface area contributed by atoms with Crippen LogP contribution in [-0.4, -0.2) is 26.4 Å². The first-order valence-corrected chi connectivity index (χ1v) is 6.43. The van der Waals surface area contributed by atoms with E-state index in [9.17, 15) is 0 Å². The highest BCUT2D eigenvalue weighted by atomic mass is 16.5. The Labute approximate surface area is 112 Å². The van der Waals surface area contributed by atoms with Crippen LogP contribution in [0.1, 0.15) is 25.1 Å². The molecule has 0 aliphatic carbocycles. The van der Waals surface area contributed by atoms with Crippen molar-refractivity contribution in [3.63, 3.8) is 0 Å². The van der Waals surface area contributed by atoms with Gasteiger partial charge in [-0.3, -0.25) is 4.68 Å². The maximum atomic E-state index is 5.34. The predicted molar refractivity (Wildman–Crippen MR) is 73.1 cm³/mol. The van der Waals surface area contributed by atoms with Gasteiger partial charge in [0.15, 0.2) is 0 Å². The maximum Gasteiger partial charge on any atom is 0.218 e. The third kappa shape index (κ3) is 3.43. The van der Waals surface area contributed by atoms with E-state index in [1.807, 2.05) is 24.9 Å². The molecule has 0 spiro atoms. The summed E-state index contributed by atoms with van der Waals surface area (Å²) in [5.41, 5.74) is 2.29. The number of aryl methyl sites for hydroxylation is 2. The molecule has 2 rings (SSSR count). The minimum atomic E-state index is 0.585. The Balaban J connectivity index is 2.03. The Hall–Kier alpha value is -2.11. The van der Waals surface area contributed by atoms with E-state index in [2.05, 4.69) is 27.3 Å². The molecule has 0 unspecified atom stereocenters. The first-order chi connectivity index (χ1) is 9.22. The highest BCUT2D eigenvalue weighted by Gasteiger charge is 2.06. The van der Waals surface area contributed by atoms with Gasteiger partial charge in [-0.1, -0.05) is 6.92 Å². The summed E-state index contributed by atoms with van der Waals surface area (Å²) in [6, 6.07) is 1.80. The van der Waals surface area contributed by atoms with Gasteiger partial charge in [0.25, 0.3) is 0 Å². The zero-order valence-corrected chi connectivity index (χ0v) is 11.6. The van der Waals surface area contributed by atoms with Crippen LogP contribution in [0.5, 0.6) is 5.88 Å². The number of hydrogen-bond acceptors (Lipinski definition) is 5. The average molecular weight is 261 g/mol. The molecule has 0 aliphatic rings. The number of ether oxygens (including phenoxy) is 1. The molecule has 0 radical (unpaired) electrons. The Morgan fingerprint density at radius 3 is 2.89 bits per heavy atom. The standard InChI is InChI=1S/C13H19N5O/c1-4-11-10(8-18(3)17-11)7-14-12-6-13(19-5-2)16-9-15-12/h6,8-9H,4-5,7H2,1-3H3,(H,14,15,16). The molecule has 0 atom stereocenters. The van der Waals surface area contributed by atoms with Crippen molar-refractivity contribution in [2.75, 3.05) is 11.9 Å². The van der Waals surface area contributed by atoms with Crippen LogP contribution < -0.4 is 10.1 Å². The predicted octanol–water partition coefficient (Wildman–Crippen LogP) is 1.78. The van der Waals surface area contributed by atoms with E-state index < -0.39 is 0 Å². The van der Waals surface area contributed by atoms with Crippen LogP contribution in [0.4, 0.5) is 5.82 Å². The first kappa shape index (κ1) is 13.3. The van der Waals surface area contributed by atoms with Crippen molar-refractivity contribution in [3.05, 3.63) is 29.8 Å². The van der Waals surface area contributed by atoms with E-state index in [4.69, 9.17) is 4.74 Å². The molecule has 0 saturated carbocycles. The summed E-state index contributed by atoms with van der Waals surface area (Å²) in [5.74, 6) is 1.34.